The highest BCUT2D eigenvalue weighted by atomic mass is 32.2. The number of carboxylic acids is 1. The van der Waals surface area contributed by atoms with Gasteiger partial charge in [-0.3, -0.25) is 86.3 Å². The summed E-state index contributed by atoms with van der Waals surface area (Å²) in [7, 11) is 2.70. The molecule has 17 amide bonds. The van der Waals surface area contributed by atoms with E-state index in [0.717, 1.165) is 31.4 Å². The quantitative estimate of drug-likeness (QED) is 0.0277. The number of carbonyl (C=O) groups is 18. The Kier molecular flexibility index (Phi) is 37.9. The number of H-pyrrole nitrogens is 2. The number of rotatable bonds is 24. The fraction of sp³-hybridized carbons (Fsp3) is 0.540. The number of hydrogen-bond donors (Lipinski definition) is 20. The van der Waals surface area contributed by atoms with E-state index in [2.05, 4.69) is 63.1 Å². The SMILES string of the molecule is CCCC[C@H]1C(=O)N(C)[C@@H](CCCC)C(=O)N[C@@H](CN)C(=O)N[C@H](C(=O)NCC(N)=O)CSCC(=O)N[C@@H](Cc2ccc(O)cc2)C(=O)N2CCCC[C@H]2C(=O)N[C@@H](CC(N)=O)C(=O)N2CCC[C@H]2C(=O)N[C@@H](CN)C(=O)NC(CCC(=O)O)C(=O)N2C[C@H](O)C[C@H]2C(=O)N[C@@H](Cc2c[nH]c3ccccc23)C(=O)N[C@@H](CCN)C(=O)N[C@@H](Cc2c[nH]c3ccccc23)C(=O)N1C. The van der Waals surface area contributed by atoms with Crippen LogP contribution < -0.4 is 81.8 Å². The van der Waals surface area contributed by atoms with Crippen LogP contribution in [0.25, 0.3) is 21.8 Å². The number of nitrogens with zero attached hydrogens (tertiary/aromatic N) is 5. The Balaban J connectivity index is 1.08. The first-order valence-corrected chi connectivity index (χ1v) is 45.2. The summed E-state index contributed by atoms with van der Waals surface area (Å²) < 4.78 is 0. The van der Waals surface area contributed by atoms with Gasteiger partial charge in [0, 0.05) is 119 Å². The van der Waals surface area contributed by atoms with Gasteiger partial charge < -0.3 is 132 Å². The van der Waals surface area contributed by atoms with Gasteiger partial charge in [-0.1, -0.05) is 88.1 Å². The Morgan fingerprint density at radius 3 is 1.56 bits per heavy atom. The lowest BCUT2D eigenvalue weighted by atomic mass is 9.97. The van der Waals surface area contributed by atoms with Crippen LogP contribution in [0.4, 0.5) is 0 Å². The number of piperidine rings is 1. The maximum absolute atomic E-state index is 15.7. The van der Waals surface area contributed by atoms with E-state index < -0.39 is 260 Å². The second-order valence-corrected chi connectivity index (χ2v) is 34.3. The molecule has 4 saturated heterocycles. The van der Waals surface area contributed by atoms with Crippen molar-refractivity contribution in [1.82, 2.24) is 87.6 Å². The summed E-state index contributed by atoms with van der Waals surface area (Å²) in [4.78, 5) is 273. The number of phenolic OH excluding ortho intramolecular Hbond substituents is 1. The number of benzene rings is 3. The molecule has 5 aromatic rings. The number of aliphatic hydroxyl groups excluding tert-OH is 1. The van der Waals surface area contributed by atoms with Crippen LogP contribution in [0.2, 0.25) is 0 Å². The highest BCUT2D eigenvalue weighted by Crippen LogP contribution is 2.29. The number of para-hydroxylation sites is 2. The second kappa shape index (κ2) is 48.7. The van der Waals surface area contributed by atoms with Crippen molar-refractivity contribution in [3.63, 3.8) is 0 Å². The number of carboxylic acid groups (broad SMARTS) is 1. The monoisotopic (exact) mass is 1840 g/mol. The molecule has 25 N–H and O–H groups in total. The number of fused-ring (bicyclic) bond motifs is 5. The van der Waals surface area contributed by atoms with Crippen LogP contribution in [0.3, 0.4) is 0 Å². The molecule has 0 saturated carbocycles. The third-order valence-corrected chi connectivity index (χ3v) is 24.9. The first-order chi connectivity index (χ1) is 62.6. The Labute approximate surface area is 759 Å². The van der Waals surface area contributed by atoms with E-state index >= 15 is 33.6 Å². The second-order valence-electron chi connectivity index (χ2n) is 33.3. The Hall–Kier alpha value is -12.8. The number of aromatic hydroxyl groups is 1. The van der Waals surface area contributed by atoms with Gasteiger partial charge in [-0.15, -0.1) is 11.8 Å². The average Bonchev–Trinajstić information content (AvgIpc) is 1.76. The van der Waals surface area contributed by atoms with Crippen LogP contribution in [0.1, 0.15) is 133 Å². The highest BCUT2D eigenvalue weighted by Gasteiger charge is 2.47. The maximum Gasteiger partial charge on any atom is 0.303 e. The lowest BCUT2D eigenvalue weighted by Crippen LogP contribution is -2.62. The molecule has 0 spiro atoms. The first kappa shape index (κ1) is 102. The molecule has 2 aromatic heterocycles. The number of thioether (sulfide) groups is 1. The van der Waals surface area contributed by atoms with Crippen molar-refractivity contribution < 1.29 is 102 Å². The number of hydrogen-bond acceptors (Lipinski definition) is 24. The molecule has 4 aliphatic rings. The molecule has 0 radical (unpaired) electrons. The number of phenols is 1. The number of nitrogens with two attached hydrogens (primary N) is 5. The number of nitrogens with one attached hydrogen (secondary N) is 12. The number of primary amides is 2. The summed E-state index contributed by atoms with van der Waals surface area (Å²) >= 11 is 0.770. The summed E-state index contributed by atoms with van der Waals surface area (Å²) in [6.07, 6.45) is 0.430. The minimum Gasteiger partial charge on any atom is -0.508 e. The van der Waals surface area contributed by atoms with Gasteiger partial charge in [-0.25, -0.2) is 0 Å². The molecule has 44 heteroatoms. The van der Waals surface area contributed by atoms with Gasteiger partial charge in [-0.2, -0.15) is 0 Å². The lowest BCUT2D eigenvalue weighted by Gasteiger charge is -2.38. The van der Waals surface area contributed by atoms with Crippen molar-refractivity contribution in [1.29, 1.82) is 0 Å². The van der Waals surface area contributed by atoms with Gasteiger partial charge in [0.15, 0.2) is 0 Å². The van der Waals surface area contributed by atoms with Crippen molar-refractivity contribution in [2.75, 3.05) is 71.4 Å². The van der Waals surface area contributed by atoms with Gasteiger partial charge in [0.2, 0.25) is 100 Å². The fourth-order valence-electron chi connectivity index (χ4n) is 16.7. The molecule has 3 aromatic carbocycles. The molecular weight excluding hydrogens is 1720 g/mol. The van der Waals surface area contributed by atoms with E-state index in [1.165, 1.54) is 43.3 Å². The number of carbonyl (C=O) groups excluding carboxylic acids is 17. The van der Waals surface area contributed by atoms with Crippen LogP contribution >= 0.6 is 11.8 Å². The van der Waals surface area contributed by atoms with Gasteiger partial charge in [0.05, 0.1) is 24.8 Å². The van der Waals surface area contributed by atoms with Crippen molar-refractivity contribution >= 4 is 140 Å². The van der Waals surface area contributed by atoms with Crippen molar-refractivity contribution in [3.05, 3.63) is 102 Å². The zero-order valence-corrected chi connectivity index (χ0v) is 74.6. The Morgan fingerprint density at radius 1 is 0.489 bits per heavy atom. The molecule has 15 atom stereocenters. The normalized spacial score (nSPS) is 25.6. The van der Waals surface area contributed by atoms with E-state index in [1.807, 2.05) is 13.8 Å². The molecular formula is C87H122N22O21S. The number of aromatic nitrogens is 2. The average molecular weight is 1840 g/mol. The van der Waals surface area contributed by atoms with E-state index in [4.69, 9.17) is 28.7 Å². The Morgan fingerprint density at radius 2 is 0.977 bits per heavy atom. The predicted molar refractivity (Wildman–Crippen MR) is 478 cm³/mol. The van der Waals surface area contributed by atoms with E-state index in [1.54, 1.807) is 60.9 Å². The van der Waals surface area contributed by atoms with Gasteiger partial charge in [0.25, 0.3) is 0 Å². The summed E-state index contributed by atoms with van der Waals surface area (Å²) in [5, 5.41) is 58.8. The number of aliphatic hydroxyl groups is 1. The highest BCUT2D eigenvalue weighted by molar-refractivity contribution is 8.00. The third kappa shape index (κ3) is 27.6. The van der Waals surface area contributed by atoms with Gasteiger partial charge >= 0.3 is 5.97 Å². The van der Waals surface area contributed by atoms with Crippen LogP contribution in [0.5, 0.6) is 5.75 Å². The van der Waals surface area contributed by atoms with Crippen LogP contribution in [-0.4, -0.2) is 318 Å². The molecule has 4 fully saturated rings. The lowest BCUT2D eigenvalue weighted by molar-refractivity contribution is -0.149. The molecule has 9 rings (SSSR count). The van der Waals surface area contributed by atoms with Crippen molar-refractivity contribution in [2.24, 2.45) is 28.7 Å². The molecule has 6 heterocycles. The summed E-state index contributed by atoms with van der Waals surface area (Å²) in [6.45, 7) is 0.608. The topological polar surface area (TPSA) is 666 Å². The number of aromatic amines is 2. The van der Waals surface area contributed by atoms with E-state index in [9.17, 15) is 68.1 Å². The zero-order chi connectivity index (χ0) is 95.4. The maximum atomic E-state index is 15.7. The van der Waals surface area contributed by atoms with Crippen LogP contribution in [0, 0.1) is 0 Å². The number of aliphatic carboxylic acids is 1. The zero-order valence-electron chi connectivity index (χ0n) is 73.8. The largest absolute Gasteiger partial charge is 0.508 e. The predicted octanol–water partition coefficient (Wildman–Crippen LogP) is -4.53. The van der Waals surface area contributed by atoms with E-state index in [0.29, 0.717) is 77.0 Å². The molecule has 4 aliphatic heterocycles. The van der Waals surface area contributed by atoms with E-state index in [-0.39, 0.29) is 83.2 Å². The smallest absolute Gasteiger partial charge is 0.303 e. The van der Waals surface area contributed by atoms with Gasteiger partial charge in [-0.05, 0) is 105 Å². The Bertz CT molecular complexity index is 4960. The molecule has 0 bridgehead atoms. The molecule has 0 aliphatic carbocycles. The minimum absolute atomic E-state index is 0.00733. The summed E-state index contributed by atoms with van der Waals surface area (Å²) in [5.41, 5.74) is 32.4. The summed E-state index contributed by atoms with van der Waals surface area (Å²) in [6, 6.07) is -2.34. The van der Waals surface area contributed by atoms with Crippen molar-refractivity contribution in [3.8, 4) is 5.75 Å². The number of amides is 17. The number of unbranched alkanes of at least 4 members (excludes halogenated alkanes) is 2. The summed E-state index contributed by atoms with van der Waals surface area (Å²) in [5.74, 6) is -18.9. The molecule has 131 heavy (non-hydrogen) atoms. The van der Waals surface area contributed by atoms with Gasteiger partial charge in [0.1, 0.15) is 90.3 Å². The van der Waals surface area contributed by atoms with Crippen LogP contribution in [-0.2, 0) is 106 Å². The van der Waals surface area contributed by atoms with Crippen molar-refractivity contribution in [2.45, 2.75) is 227 Å². The molecule has 43 nitrogen and oxygen atoms in total. The molecule has 1 unspecified atom stereocenters. The van der Waals surface area contributed by atoms with Crippen LogP contribution in [0.15, 0.2) is 85.2 Å². The molecule has 712 valence electrons. The third-order valence-electron chi connectivity index (χ3n) is 23.8. The first-order valence-electron chi connectivity index (χ1n) is 44.1. The minimum atomic E-state index is -1.83. The standard InChI is InChI=1S/C87H122N22O21S/c1-5-7-20-65-79(122)102-63(40-90)78(121)104-64(74(117)95-43-71(92)113)45-131-46-72(114)96-59(34-47-24-26-50(110)27-25-47)85(128)107-32-14-13-22-66(107)80(123)101-61(38-70(91)112)86(129)108-33-15-23-67(108)81(124)103-62(39-89)77(120)98-57(28-29-73(115)116)84(127)109-44-51(111)37-69(109)82(125)99-58(35-48-41-93-54-18-11-9-16-52(48)54)76(119)97-56(30-31-88)75(118)100-60(36-49-42-94-55-19-12-10-17-53(49)55)83(126)106(4)68(21-8-6-2)87(130)105(65)3/h9-12,16-19,24-27,41-42,51,56-69,93-94,110-111H,5-8,13-15,20-23,28-40,43-46,88-90H2,1-4H3,(H2,91,112)(H2,92,113)(H,95,117)(H,96,114)(H,97,119)(H,98,120)(H,99,125)(H,100,118)(H,101,123)(H,102,122)(H,103,124)(H,104,121)(H,115,116)/t51-,56+,57?,58+,59+,60+,61+,62+,63+,64+,65+,66+,67+,68+,69+/m1/s1. The number of likely N-dealkylation sites (N-methyl/N-ethyl adjacent to an activating group) is 2. The fourth-order valence-corrected chi connectivity index (χ4v) is 17.6.